The number of nitrogens with zero attached hydrogens (tertiary/aromatic N) is 1. The summed E-state index contributed by atoms with van der Waals surface area (Å²) in [5, 5.41) is 0.722. The third-order valence-electron chi connectivity index (χ3n) is 3.88. The van der Waals surface area contributed by atoms with E-state index in [1.807, 2.05) is 66.9 Å². The van der Waals surface area contributed by atoms with Crippen LogP contribution in [0.15, 0.2) is 77.8 Å². The topological polar surface area (TPSA) is 21.6 Å². The second kappa shape index (κ2) is 8.50. The molecule has 0 spiro atoms. The second-order valence-electron chi connectivity index (χ2n) is 5.77. The largest absolute Gasteiger partial charge is 0.489 e. The highest BCUT2D eigenvalue weighted by Crippen LogP contribution is 2.17. The van der Waals surface area contributed by atoms with E-state index >= 15 is 0 Å². The Balaban J connectivity index is 1.58. The quantitative estimate of drug-likeness (QED) is 0.483. The maximum Gasteiger partial charge on any atom is 0.119 e. The molecule has 0 saturated heterocycles. The minimum Gasteiger partial charge on any atom is -0.489 e. The van der Waals surface area contributed by atoms with Gasteiger partial charge in [0.1, 0.15) is 12.4 Å². The van der Waals surface area contributed by atoms with Crippen molar-refractivity contribution in [1.82, 2.24) is 0 Å². The van der Waals surface area contributed by atoms with E-state index < -0.39 is 0 Å². The molecule has 126 valence electrons. The Hall–Kier alpha value is -2.58. The van der Waals surface area contributed by atoms with Gasteiger partial charge in [-0.3, -0.25) is 4.99 Å². The fourth-order valence-corrected chi connectivity index (χ4v) is 2.62. The summed E-state index contributed by atoms with van der Waals surface area (Å²) in [5.41, 5.74) is 4.36. The molecule has 0 bridgehead atoms. The van der Waals surface area contributed by atoms with Gasteiger partial charge in [-0.15, -0.1) is 0 Å². The molecule has 0 N–H and O–H groups in total. The first-order valence-corrected chi connectivity index (χ1v) is 8.71. The van der Waals surface area contributed by atoms with Crippen molar-refractivity contribution >= 4 is 23.5 Å². The van der Waals surface area contributed by atoms with Crippen LogP contribution in [0.25, 0.3) is 0 Å². The van der Waals surface area contributed by atoms with E-state index in [2.05, 4.69) is 24.0 Å². The summed E-state index contributed by atoms with van der Waals surface area (Å²) in [4.78, 5) is 4.50. The number of hydrogen-bond acceptors (Lipinski definition) is 2. The summed E-state index contributed by atoms with van der Waals surface area (Å²) >= 11 is 5.98. The van der Waals surface area contributed by atoms with Crippen LogP contribution >= 0.6 is 11.6 Å². The maximum atomic E-state index is 5.98. The standard InChI is InChI=1S/C22H20ClNO/c1-2-17-6-10-21(11-7-17)24-15-18-8-12-22(13-9-18)25-16-19-4-3-5-20(23)14-19/h3-15H,2,16H2,1H3. The van der Waals surface area contributed by atoms with Gasteiger partial charge in [-0.2, -0.15) is 0 Å². The van der Waals surface area contributed by atoms with Gasteiger partial charge < -0.3 is 4.74 Å². The lowest BCUT2D eigenvalue weighted by Gasteiger charge is -2.06. The molecule has 0 fully saturated rings. The van der Waals surface area contributed by atoms with Gasteiger partial charge in [-0.25, -0.2) is 0 Å². The van der Waals surface area contributed by atoms with Crippen LogP contribution < -0.4 is 4.74 Å². The summed E-state index contributed by atoms with van der Waals surface area (Å²) in [6.07, 6.45) is 2.91. The van der Waals surface area contributed by atoms with Gasteiger partial charge in [0.25, 0.3) is 0 Å². The zero-order chi connectivity index (χ0) is 17.5. The predicted octanol–water partition coefficient (Wildman–Crippen LogP) is 6.23. The van der Waals surface area contributed by atoms with Crippen LogP contribution in [0.5, 0.6) is 5.75 Å². The smallest absolute Gasteiger partial charge is 0.119 e. The molecule has 0 amide bonds. The first-order valence-electron chi connectivity index (χ1n) is 8.33. The van der Waals surface area contributed by atoms with Crippen molar-refractivity contribution in [3.63, 3.8) is 0 Å². The van der Waals surface area contributed by atoms with Crippen LogP contribution in [0.3, 0.4) is 0 Å². The molecule has 0 aliphatic rings. The van der Waals surface area contributed by atoms with Gasteiger partial charge in [0.15, 0.2) is 0 Å². The molecule has 0 aliphatic carbocycles. The first-order chi connectivity index (χ1) is 12.2. The third kappa shape index (κ3) is 5.20. The Bertz CT molecular complexity index is 839. The number of ether oxygens (including phenoxy) is 1. The molecule has 25 heavy (non-hydrogen) atoms. The maximum absolute atomic E-state index is 5.98. The van der Waals surface area contributed by atoms with Crippen LogP contribution in [0.4, 0.5) is 5.69 Å². The van der Waals surface area contributed by atoms with Crippen LogP contribution in [0, 0.1) is 0 Å². The zero-order valence-electron chi connectivity index (χ0n) is 14.2. The molecule has 2 nitrogen and oxygen atoms in total. The Labute approximate surface area is 153 Å². The van der Waals surface area contributed by atoms with Gasteiger partial charge in [0, 0.05) is 11.2 Å². The summed E-state index contributed by atoms with van der Waals surface area (Å²) in [5.74, 6) is 0.824. The van der Waals surface area contributed by atoms with Gasteiger partial charge in [0.2, 0.25) is 0 Å². The van der Waals surface area contributed by atoms with Crippen molar-refractivity contribution in [1.29, 1.82) is 0 Å². The van der Waals surface area contributed by atoms with Gasteiger partial charge >= 0.3 is 0 Å². The van der Waals surface area contributed by atoms with Crippen LogP contribution in [0.1, 0.15) is 23.6 Å². The molecular weight excluding hydrogens is 330 g/mol. The average molecular weight is 350 g/mol. The zero-order valence-corrected chi connectivity index (χ0v) is 14.9. The number of benzene rings is 3. The summed E-state index contributed by atoms with van der Waals surface area (Å²) < 4.78 is 5.79. The monoisotopic (exact) mass is 349 g/mol. The Morgan fingerprint density at radius 3 is 2.36 bits per heavy atom. The number of aryl methyl sites for hydroxylation is 1. The number of halogens is 1. The lowest BCUT2D eigenvalue weighted by molar-refractivity contribution is 0.306. The fourth-order valence-electron chi connectivity index (χ4n) is 2.41. The molecule has 0 aromatic heterocycles. The minimum atomic E-state index is 0.498. The molecule has 0 aliphatic heterocycles. The molecule has 0 saturated carbocycles. The van der Waals surface area contributed by atoms with Crippen molar-refractivity contribution in [3.8, 4) is 5.75 Å². The molecule has 0 radical (unpaired) electrons. The molecular formula is C22H20ClNO. The molecule has 0 heterocycles. The summed E-state index contributed by atoms with van der Waals surface area (Å²) in [6, 6.07) is 23.9. The van der Waals surface area contributed by atoms with E-state index in [9.17, 15) is 0 Å². The second-order valence-corrected chi connectivity index (χ2v) is 6.20. The number of hydrogen-bond donors (Lipinski definition) is 0. The Morgan fingerprint density at radius 1 is 0.920 bits per heavy atom. The van der Waals surface area contributed by atoms with E-state index in [1.165, 1.54) is 5.56 Å². The minimum absolute atomic E-state index is 0.498. The molecule has 3 aromatic carbocycles. The SMILES string of the molecule is CCc1ccc(N=Cc2ccc(OCc3cccc(Cl)c3)cc2)cc1. The van der Waals surface area contributed by atoms with Crippen molar-refractivity contribution in [3.05, 3.63) is 94.5 Å². The molecule has 3 rings (SSSR count). The lowest BCUT2D eigenvalue weighted by atomic mass is 10.1. The van der Waals surface area contributed by atoms with E-state index in [0.717, 1.165) is 34.0 Å². The van der Waals surface area contributed by atoms with Crippen molar-refractivity contribution in [2.45, 2.75) is 20.0 Å². The van der Waals surface area contributed by atoms with Crippen molar-refractivity contribution < 1.29 is 4.74 Å². The van der Waals surface area contributed by atoms with Gasteiger partial charge in [-0.1, -0.05) is 42.8 Å². The van der Waals surface area contributed by atoms with Gasteiger partial charge in [0.05, 0.1) is 5.69 Å². The van der Waals surface area contributed by atoms with Crippen molar-refractivity contribution in [2.75, 3.05) is 0 Å². The highest BCUT2D eigenvalue weighted by molar-refractivity contribution is 6.30. The highest BCUT2D eigenvalue weighted by Gasteiger charge is 1.98. The van der Waals surface area contributed by atoms with Crippen LogP contribution in [-0.2, 0) is 13.0 Å². The normalized spacial score (nSPS) is 11.0. The molecule has 0 atom stereocenters. The average Bonchev–Trinajstić information content (AvgIpc) is 2.66. The van der Waals surface area contributed by atoms with Gasteiger partial charge in [-0.05, 0) is 71.6 Å². The molecule has 0 unspecified atom stereocenters. The summed E-state index contributed by atoms with van der Waals surface area (Å²) in [6.45, 7) is 2.64. The van der Waals surface area contributed by atoms with E-state index in [4.69, 9.17) is 16.3 Å². The highest BCUT2D eigenvalue weighted by atomic mass is 35.5. The van der Waals surface area contributed by atoms with Crippen molar-refractivity contribution in [2.24, 2.45) is 4.99 Å². The van der Waals surface area contributed by atoms with Crippen LogP contribution in [0.2, 0.25) is 5.02 Å². The lowest BCUT2D eigenvalue weighted by Crippen LogP contribution is -1.95. The fraction of sp³-hybridized carbons (Fsp3) is 0.136. The van der Waals surface area contributed by atoms with E-state index in [-0.39, 0.29) is 0 Å². The first kappa shape index (κ1) is 17.2. The Kier molecular flexibility index (Phi) is 5.86. The number of rotatable bonds is 6. The number of aliphatic imine (C=N–C) groups is 1. The predicted molar refractivity (Wildman–Crippen MR) is 105 cm³/mol. The van der Waals surface area contributed by atoms with E-state index in [1.54, 1.807) is 0 Å². The Morgan fingerprint density at radius 2 is 1.68 bits per heavy atom. The van der Waals surface area contributed by atoms with E-state index in [0.29, 0.717) is 6.61 Å². The molecule has 3 heteroatoms. The summed E-state index contributed by atoms with van der Waals surface area (Å²) in [7, 11) is 0. The van der Waals surface area contributed by atoms with Crippen LogP contribution in [-0.4, -0.2) is 6.21 Å². The third-order valence-corrected chi connectivity index (χ3v) is 4.12. The molecule has 3 aromatic rings.